The second-order valence-corrected chi connectivity index (χ2v) is 7.85. The second kappa shape index (κ2) is 6.95. The third-order valence-electron chi connectivity index (χ3n) is 4.54. The van der Waals surface area contributed by atoms with Crippen LogP contribution in [0.5, 0.6) is 0 Å². The van der Waals surface area contributed by atoms with Crippen LogP contribution in [-0.4, -0.2) is 10.1 Å². The number of hydrogen-bond acceptors (Lipinski definition) is 5. The summed E-state index contributed by atoms with van der Waals surface area (Å²) in [4.78, 5) is 5.11. The first-order valence-electron chi connectivity index (χ1n) is 8.54. The molecule has 0 saturated carbocycles. The first-order chi connectivity index (χ1) is 11.8. The molecular weight excluding hydrogens is 320 g/mol. The molecule has 3 heterocycles. The number of fused-ring (bicyclic) bond motifs is 1. The standard InChI is InChI=1S/C19H22N2O2S/c1-14-8-9-16(24-14)12-21(11-15-5-4-10-22-15)13-18-17-6-2-3-7-19(17)23-20-18/h4-5,8-10H,2-3,6-7,11-13H2,1H3. The molecule has 0 bridgehead atoms. The van der Waals surface area contributed by atoms with Gasteiger partial charge in [0.1, 0.15) is 17.2 Å². The average Bonchev–Trinajstić information content (AvgIpc) is 3.31. The molecule has 126 valence electrons. The molecule has 0 aromatic carbocycles. The molecular formula is C19H22N2O2S. The van der Waals surface area contributed by atoms with E-state index in [0.29, 0.717) is 0 Å². The van der Waals surface area contributed by atoms with Crippen molar-refractivity contribution in [2.24, 2.45) is 0 Å². The van der Waals surface area contributed by atoms with E-state index >= 15 is 0 Å². The minimum Gasteiger partial charge on any atom is -0.468 e. The van der Waals surface area contributed by atoms with Crippen molar-refractivity contribution < 1.29 is 8.94 Å². The fourth-order valence-corrected chi connectivity index (χ4v) is 4.30. The molecule has 3 aromatic heterocycles. The fraction of sp³-hybridized carbons (Fsp3) is 0.421. The molecule has 5 heteroatoms. The normalized spacial score (nSPS) is 14.2. The van der Waals surface area contributed by atoms with Crippen molar-refractivity contribution in [1.82, 2.24) is 10.1 Å². The van der Waals surface area contributed by atoms with E-state index in [-0.39, 0.29) is 0 Å². The van der Waals surface area contributed by atoms with Crippen molar-refractivity contribution in [3.8, 4) is 0 Å². The quantitative estimate of drug-likeness (QED) is 0.650. The van der Waals surface area contributed by atoms with Crippen LogP contribution in [0.1, 0.15) is 45.4 Å². The molecule has 4 nitrogen and oxygen atoms in total. The Morgan fingerprint density at radius 1 is 1.12 bits per heavy atom. The van der Waals surface area contributed by atoms with Crippen LogP contribution in [0.25, 0.3) is 0 Å². The molecule has 0 spiro atoms. The van der Waals surface area contributed by atoms with Crippen LogP contribution >= 0.6 is 11.3 Å². The van der Waals surface area contributed by atoms with Crippen LogP contribution in [0, 0.1) is 6.92 Å². The number of aromatic nitrogens is 1. The van der Waals surface area contributed by atoms with Crippen molar-refractivity contribution in [1.29, 1.82) is 0 Å². The van der Waals surface area contributed by atoms with Crippen LogP contribution in [0.15, 0.2) is 39.5 Å². The fourth-order valence-electron chi connectivity index (χ4n) is 3.37. The Balaban J connectivity index is 1.54. The van der Waals surface area contributed by atoms with Crippen molar-refractivity contribution in [3.05, 3.63) is 63.1 Å². The van der Waals surface area contributed by atoms with E-state index in [0.717, 1.165) is 49.7 Å². The Kier molecular flexibility index (Phi) is 4.54. The summed E-state index contributed by atoms with van der Waals surface area (Å²) in [7, 11) is 0. The molecule has 0 aliphatic heterocycles. The van der Waals surface area contributed by atoms with Crippen molar-refractivity contribution in [3.63, 3.8) is 0 Å². The van der Waals surface area contributed by atoms with Gasteiger partial charge < -0.3 is 8.94 Å². The molecule has 1 aliphatic carbocycles. The van der Waals surface area contributed by atoms with E-state index in [9.17, 15) is 0 Å². The molecule has 1 aliphatic rings. The summed E-state index contributed by atoms with van der Waals surface area (Å²) >= 11 is 1.85. The van der Waals surface area contributed by atoms with E-state index < -0.39 is 0 Å². The maximum absolute atomic E-state index is 5.58. The van der Waals surface area contributed by atoms with Gasteiger partial charge in [0, 0.05) is 34.8 Å². The van der Waals surface area contributed by atoms with Gasteiger partial charge in [-0.3, -0.25) is 4.90 Å². The van der Waals surface area contributed by atoms with Gasteiger partial charge in [-0.25, -0.2) is 0 Å². The molecule has 0 fully saturated rings. The zero-order valence-corrected chi connectivity index (χ0v) is 14.8. The van der Waals surface area contributed by atoms with Crippen molar-refractivity contribution >= 4 is 11.3 Å². The third-order valence-corrected chi connectivity index (χ3v) is 5.53. The van der Waals surface area contributed by atoms with E-state index in [1.54, 1.807) is 6.26 Å². The van der Waals surface area contributed by atoms with E-state index in [1.165, 1.54) is 28.2 Å². The highest BCUT2D eigenvalue weighted by Crippen LogP contribution is 2.26. The Bertz CT molecular complexity index is 788. The Morgan fingerprint density at radius 3 is 2.83 bits per heavy atom. The molecule has 0 amide bonds. The first kappa shape index (κ1) is 15.7. The van der Waals surface area contributed by atoms with Gasteiger partial charge in [-0.05, 0) is 50.5 Å². The number of thiophene rings is 1. The molecule has 24 heavy (non-hydrogen) atoms. The summed E-state index contributed by atoms with van der Waals surface area (Å²) in [5, 5.41) is 4.37. The van der Waals surface area contributed by atoms with Gasteiger partial charge in [-0.1, -0.05) is 5.16 Å². The maximum atomic E-state index is 5.58. The van der Waals surface area contributed by atoms with Gasteiger partial charge in [0.05, 0.1) is 12.8 Å². The molecule has 4 rings (SSSR count). The van der Waals surface area contributed by atoms with Gasteiger partial charge in [-0.2, -0.15) is 0 Å². The molecule has 0 N–H and O–H groups in total. The van der Waals surface area contributed by atoms with Crippen LogP contribution in [0.2, 0.25) is 0 Å². The zero-order valence-electron chi connectivity index (χ0n) is 14.0. The topological polar surface area (TPSA) is 42.4 Å². The Hall–Kier alpha value is -1.85. The van der Waals surface area contributed by atoms with Crippen molar-refractivity contribution in [2.75, 3.05) is 0 Å². The van der Waals surface area contributed by atoms with Crippen LogP contribution in [-0.2, 0) is 32.5 Å². The predicted molar refractivity (Wildman–Crippen MR) is 93.9 cm³/mol. The zero-order chi connectivity index (χ0) is 16.4. The molecule has 0 radical (unpaired) electrons. The summed E-state index contributed by atoms with van der Waals surface area (Å²) in [6.07, 6.45) is 6.32. The molecule has 0 saturated heterocycles. The Morgan fingerprint density at radius 2 is 2.04 bits per heavy atom. The summed E-state index contributed by atoms with van der Waals surface area (Å²) < 4.78 is 11.1. The minimum atomic E-state index is 0.783. The molecule has 0 atom stereocenters. The van der Waals surface area contributed by atoms with E-state index in [1.807, 2.05) is 23.5 Å². The van der Waals surface area contributed by atoms with Crippen LogP contribution in [0.3, 0.4) is 0 Å². The largest absolute Gasteiger partial charge is 0.468 e. The predicted octanol–water partition coefficient (Wildman–Crippen LogP) is 4.72. The number of hydrogen-bond donors (Lipinski definition) is 0. The smallest absolute Gasteiger partial charge is 0.140 e. The summed E-state index contributed by atoms with van der Waals surface area (Å²) in [6.45, 7) is 4.64. The third kappa shape index (κ3) is 3.47. The van der Waals surface area contributed by atoms with Crippen molar-refractivity contribution in [2.45, 2.75) is 52.2 Å². The number of rotatable bonds is 6. The lowest BCUT2D eigenvalue weighted by molar-refractivity contribution is 0.221. The summed E-state index contributed by atoms with van der Waals surface area (Å²) in [5.74, 6) is 2.09. The summed E-state index contributed by atoms with van der Waals surface area (Å²) in [6, 6.07) is 8.38. The maximum Gasteiger partial charge on any atom is 0.140 e. The number of nitrogens with zero attached hydrogens (tertiary/aromatic N) is 2. The first-order valence-corrected chi connectivity index (χ1v) is 9.36. The lowest BCUT2D eigenvalue weighted by Gasteiger charge is -2.20. The number of furan rings is 1. The van der Waals surface area contributed by atoms with Gasteiger partial charge >= 0.3 is 0 Å². The summed E-state index contributed by atoms with van der Waals surface area (Å²) in [5.41, 5.74) is 2.44. The van der Waals surface area contributed by atoms with Crippen LogP contribution in [0.4, 0.5) is 0 Å². The monoisotopic (exact) mass is 342 g/mol. The van der Waals surface area contributed by atoms with Gasteiger partial charge in [-0.15, -0.1) is 11.3 Å². The Labute approximate surface area is 146 Å². The highest BCUT2D eigenvalue weighted by atomic mass is 32.1. The lowest BCUT2D eigenvalue weighted by atomic mass is 9.96. The SMILES string of the molecule is Cc1ccc(CN(Cc2ccco2)Cc2noc3c2CCCC3)s1. The second-order valence-electron chi connectivity index (χ2n) is 6.47. The molecule has 3 aromatic rings. The van der Waals surface area contributed by atoms with E-state index in [4.69, 9.17) is 8.94 Å². The van der Waals surface area contributed by atoms with Gasteiger partial charge in [0.25, 0.3) is 0 Å². The lowest BCUT2D eigenvalue weighted by Crippen LogP contribution is -2.22. The van der Waals surface area contributed by atoms with E-state index in [2.05, 4.69) is 29.1 Å². The van der Waals surface area contributed by atoms with Gasteiger partial charge in [0.15, 0.2) is 0 Å². The minimum absolute atomic E-state index is 0.783. The molecule has 0 unspecified atom stereocenters. The average molecular weight is 342 g/mol. The number of aryl methyl sites for hydroxylation is 2. The van der Waals surface area contributed by atoms with Gasteiger partial charge in [0.2, 0.25) is 0 Å². The van der Waals surface area contributed by atoms with Crippen LogP contribution < -0.4 is 0 Å². The highest BCUT2D eigenvalue weighted by molar-refractivity contribution is 7.11. The highest BCUT2D eigenvalue weighted by Gasteiger charge is 2.21.